The molecule has 0 amide bonds. The zero-order valence-electron chi connectivity index (χ0n) is 16.9. The fourth-order valence-corrected chi connectivity index (χ4v) is 3.77. The minimum absolute atomic E-state index is 0.0393. The van der Waals surface area contributed by atoms with Gasteiger partial charge in [-0.25, -0.2) is 0 Å². The molecule has 0 N–H and O–H groups in total. The van der Waals surface area contributed by atoms with E-state index in [1.807, 2.05) is 0 Å². The largest absolute Gasteiger partial charge is 0.0622 e. The minimum Gasteiger partial charge on any atom is -0.0622 e. The Bertz CT molecular complexity index is 873. The van der Waals surface area contributed by atoms with E-state index in [0.29, 0.717) is 0 Å². The summed E-state index contributed by atoms with van der Waals surface area (Å²) in [6.45, 7) is 13.9. The van der Waals surface area contributed by atoms with E-state index in [2.05, 4.69) is 114 Å². The predicted molar refractivity (Wildman–Crippen MR) is 115 cm³/mol. The molecule has 134 valence electrons. The molecule has 0 nitrogen and oxygen atoms in total. The van der Waals surface area contributed by atoms with Gasteiger partial charge >= 0.3 is 0 Å². The summed E-state index contributed by atoms with van der Waals surface area (Å²) in [5.74, 6) is 0. The van der Waals surface area contributed by atoms with Crippen molar-refractivity contribution < 1.29 is 0 Å². The Labute approximate surface area is 158 Å². The Morgan fingerprint density at radius 3 is 1.46 bits per heavy atom. The maximum atomic E-state index is 2.33. The van der Waals surface area contributed by atoms with E-state index in [4.69, 9.17) is 0 Å². The summed E-state index contributed by atoms with van der Waals surface area (Å²) in [6.07, 6.45) is 0. The number of benzene rings is 3. The van der Waals surface area contributed by atoms with E-state index in [9.17, 15) is 0 Å². The normalized spacial score (nSPS) is 12.2. The monoisotopic (exact) mass is 342 g/mol. The molecular formula is C26H30. The van der Waals surface area contributed by atoms with Crippen LogP contribution in [0.25, 0.3) is 22.3 Å². The van der Waals surface area contributed by atoms with Crippen molar-refractivity contribution in [1.29, 1.82) is 0 Å². The molecule has 0 aromatic heterocycles. The third-order valence-corrected chi connectivity index (χ3v) is 4.91. The SMILES string of the molecule is CC(C)(C)c1ccc(-c2ccccc2)c(C(C)(C)C)c1-c1ccccc1. The molecule has 3 aromatic rings. The zero-order chi connectivity index (χ0) is 18.9. The highest BCUT2D eigenvalue weighted by molar-refractivity contribution is 5.83. The predicted octanol–water partition coefficient (Wildman–Crippen LogP) is 7.62. The lowest BCUT2D eigenvalue weighted by atomic mass is 9.71. The van der Waals surface area contributed by atoms with Gasteiger partial charge in [0.1, 0.15) is 0 Å². The third kappa shape index (κ3) is 3.60. The van der Waals surface area contributed by atoms with Crippen molar-refractivity contribution in [3.63, 3.8) is 0 Å². The first-order chi connectivity index (χ1) is 12.2. The average molecular weight is 343 g/mol. The zero-order valence-corrected chi connectivity index (χ0v) is 16.9. The molecule has 0 spiro atoms. The van der Waals surface area contributed by atoms with Gasteiger partial charge in [0, 0.05) is 0 Å². The summed E-state index contributed by atoms with van der Waals surface area (Å²) in [5.41, 5.74) is 8.29. The van der Waals surface area contributed by atoms with Crippen molar-refractivity contribution in [3.05, 3.63) is 83.9 Å². The quantitative estimate of drug-likeness (QED) is 0.449. The van der Waals surface area contributed by atoms with Gasteiger partial charge in [-0.3, -0.25) is 0 Å². The highest BCUT2D eigenvalue weighted by Gasteiger charge is 2.29. The molecule has 0 saturated heterocycles. The summed E-state index contributed by atoms with van der Waals surface area (Å²) in [7, 11) is 0. The summed E-state index contributed by atoms with van der Waals surface area (Å²) < 4.78 is 0. The van der Waals surface area contributed by atoms with Gasteiger partial charge in [-0.15, -0.1) is 0 Å². The third-order valence-electron chi connectivity index (χ3n) is 4.91. The Balaban J connectivity index is 2.45. The number of rotatable bonds is 2. The molecule has 0 aliphatic heterocycles. The Morgan fingerprint density at radius 2 is 1.00 bits per heavy atom. The molecular weight excluding hydrogens is 312 g/mol. The summed E-state index contributed by atoms with van der Waals surface area (Å²) in [5, 5.41) is 0. The molecule has 0 heteroatoms. The van der Waals surface area contributed by atoms with Gasteiger partial charge in [0.2, 0.25) is 0 Å². The average Bonchev–Trinajstić information content (AvgIpc) is 2.60. The molecule has 0 bridgehead atoms. The van der Waals surface area contributed by atoms with E-state index in [1.165, 1.54) is 33.4 Å². The second-order valence-corrected chi connectivity index (χ2v) is 9.14. The Morgan fingerprint density at radius 1 is 0.500 bits per heavy atom. The Kier molecular flexibility index (Phi) is 4.80. The van der Waals surface area contributed by atoms with Crippen molar-refractivity contribution in [1.82, 2.24) is 0 Å². The van der Waals surface area contributed by atoms with Crippen LogP contribution in [-0.4, -0.2) is 0 Å². The molecule has 0 radical (unpaired) electrons. The topological polar surface area (TPSA) is 0 Å². The summed E-state index contributed by atoms with van der Waals surface area (Å²) in [4.78, 5) is 0. The number of hydrogen-bond donors (Lipinski definition) is 0. The maximum absolute atomic E-state index is 2.33. The molecule has 0 fully saturated rings. The highest BCUT2D eigenvalue weighted by Crippen LogP contribution is 2.45. The molecule has 0 unspecified atom stereocenters. The lowest BCUT2D eigenvalue weighted by Gasteiger charge is -2.32. The van der Waals surface area contributed by atoms with E-state index >= 15 is 0 Å². The van der Waals surface area contributed by atoms with Gasteiger partial charge in [-0.2, -0.15) is 0 Å². The van der Waals surface area contributed by atoms with Gasteiger partial charge in [-0.05, 0) is 44.2 Å². The van der Waals surface area contributed by atoms with Gasteiger partial charge in [0.05, 0.1) is 0 Å². The maximum Gasteiger partial charge on any atom is -0.0103 e. The van der Waals surface area contributed by atoms with Gasteiger partial charge in [-0.1, -0.05) is 114 Å². The van der Waals surface area contributed by atoms with Crippen LogP contribution in [0.5, 0.6) is 0 Å². The molecule has 0 aliphatic rings. The van der Waals surface area contributed by atoms with Crippen LogP contribution in [0.2, 0.25) is 0 Å². The van der Waals surface area contributed by atoms with Crippen LogP contribution >= 0.6 is 0 Å². The van der Waals surface area contributed by atoms with Crippen molar-refractivity contribution in [2.75, 3.05) is 0 Å². The van der Waals surface area contributed by atoms with Crippen molar-refractivity contribution in [3.8, 4) is 22.3 Å². The summed E-state index contributed by atoms with van der Waals surface area (Å²) >= 11 is 0. The van der Waals surface area contributed by atoms with Crippen molar-refractivity contribution in [2.24, 2.45) is 0 Å². The molecule has 26 heavy (non-hydrogen) atoms. The van der Waals surface area contributed by atoms with E-state index in [1.54, 1.807) is 0 Å². The second kappa shape index (κ2) is 6.76. The first-order valence-electron chi connectivity index (χ1n) is 9.48. The number of hydrogen-bond acceptors (Lipinski definition) is 0. The molecule has 3 aromatic carbocycles. The second-order valence-electron chi connectivity index (χ2n) is 9.14. The fraction of sp³-hybridized carbons (Fsp3) is 0.308. The standard InChI is InChI=1S/C26H30/c1-25(2,3)22-18-17-21(19-13-9-7-10-14-19)24(26(4,5)6)23(22)20-15-11-8-12-16-20/h7-18H,1-6H3. The van der Waals surface area contributed by atoms with Gasteiger partial charge in [0.25, 0.3) is 0 Å². The molecule has 0 aliphatic carbocycles. The smallest absolute Gasteiger partial charge is 0.0103 e. The lowest BCUT2D eigenvalue weighted by molar-refractivity contribution is 0.573. The van der Waals surface area contributed by atoms with Crippen molar-refractivity contribution in [2.45, 2.75) is 52.4 Å². The summed E-state index contributed by atoms with van der Waals surface area (Å²) in [6, 6.07) is 26.3. The first kappa shape index (κ1) is 18.5. The molecule has 0 heterocycles. The van der Waals surface area contributed by atoms with Gasteiger partial charge in [0.15, 0.2) is 0 Å². The Hall–Kier alpha value is -2.34. The van der Waals surface area contributed by atoms with Crippen LogP contribution < -0.4 is 0 Å². The van der Waals surface area contributed by atoms with E-state index < -0.39 is 0 Å². The van der Waals surface area contributed by atoms with Crippen molar-refractivity contribution >= 4 is 0 Å². The van der Waals surface area contributed by atoms with Crippen LogP contribution in [0.1, 0.15) is 52.7 Å². The van der Waals surface area contributed by atoms with Crippen LogP contribution in [0.15, 0.2) is 72.8 Å². The highest BCUT2D eigenvalue weighted by atomic mass is 14.3. The molecule has 3 rings (SSSR count). The van der Waals surface area contributed by atoms with Gasteiger partial charge < -0.3 is 0 Å². The van der Waals surface area contributed by atoms with E-state index in [-0.39, 0.29) is 10.8 Å². The van der Waals surface area contributed by atoms with Crippen LogP contribution in [0.3, 0.4) is 0 Å². The van der Waals surface area contributed by atoms with E-state index in [0.717, 1.165) is 0 Å². The molecule has 0 saturated carbocycles. The minimum atomic E-state index is 0.0393. The first-order valence-corrected chi connectivity index (χ1v) is 9.48. The van der Waals surface area contributed by atoms with Crippen LogP contribution in [0.4, 0.5) is 0 Å². The lowest BCUT2D eigenvalue weighted by Crippen LogP contribution is -2.20. The van der Waals surface area contributed by atoms with Crippen LogP contribution in [-0.2, 0) is 10.8 Å². The van der Waals surface area contributed by atoms with Crippen LogP contribution in [0, 0.1) is 0 Å². The molecule has 0 atom stereocenters. The fourth-order valence-electron chi connectivity index (χ4n) is 3.77.